The Hall–Kier alpha value is -2.70. The maximum absolute atomic E-state index is 13.2. The van der Waals surface area contributed by atoms with Crippen molar-refractivity contribution >= 4 is 84.1 Å². The van der Waals surface area contributed by atoms with Crippen LogP contribution >= 0.6 is 54.5 Å². The lowest BCUT2D eigenvalue weighted by Crippen LogP contribution is -2.54. The van der Waals surface area contributed by atoms with Crippen LogP contribution in [0.15, 0.2) is 75.2 Å². The van der Waals surface area contributed by atoms with E-state index < -0.39 is 17.8 Å². The van der Waals surface area contributed by atoms with Gasteiger partial charge < -0.3 is 9.47 Å². The van der Waals surface area contributed by atoms with Gasteiger partial charge in [-0.1, -0.05) is 44.0 Å². The number of imide groups is 2. The first-order chi connectivity index (χ1) is 17.3. The molecule has 1 N–H and O–H groups in total. The van der Waals surface area contributed by atoms with Crippen molar-refractivity contribution < 1.29 is 23.9 Å². The summed E-state index contributed by atoms with van der Waals surface area (Å²) in [6.45, 7) is 2.60. The molecule has 7 nitrogen and oxygen atoms in total. The predicted molar refractivity (Wildman–Crippen MR) is 152 cm³/mol. The molecule has 1 aliphatic heterocycles. The summed E-state index contributed by atoms with van der Waals surface area (Å²) in [4.78, 5) is 39.1. The van der Waals surface area contributed by atoms with Crippen LogP contribution in [0.25, 0.3) is 6.08 Å². The highest BCUT2D eigenvalue weighted by atomic mass is 127. The van der Waals surface area contributed by atoms with E-state index in [9.17, 15) is 14.4 Å². The number of amides is 4. The molecule has 0 saturated carbocycles. The van der Waals surface area contributed by atoms with Gasteiger partial charge in [-0.2, -0.15) is 0 Å². The second-order valence-electron chi connectivity index (χ2n) is 7.61. The Kier molecular flexibility index (Phi) is 8.47. The van der Waals surface area contributed by atoms with Gasteiger partial charge in [0.25, 0.3) is 11.8 Å². The normalized spacial score (nSPS) is 14.7. The number of barbiturate groups is 1. The molecule has 4 amide bonds. The van der Waals surface area contributed by atoms with Crippen LogP contribution in [0.4, 0.5) is 10.5 Å². The Morgan fingerprint density at radius 3 is 2.22 bits per heavy atom. The number of ether oxygens (including phenoxy) is 2. The van der Waals surface area contributed by atoms with E-state index in [1.165, 1.54) is 6.08 Å². The lowest BCUT2D eigenvalue weighted by Gasteiger charge is -2.26. The lowest BCUT2D eigenvalue weighted by atomic mass is 10.1. The fourth-order valence-electron chi connectivity index (χ4n) is 3.46. The maximum Gasteiger partial charge on any atom is 0.335 e. The van der Waals surface area contributed by atoms with Gasteiger partial charge in [0, 0.05) is 8.95 Å². The minimum atomic E-state index is -0.800. The van der Waals surface area contributed by atoms with Gasteiger partial charge >= 0.3 is 6.03 Å². The fourth-order valence-corrected chi connectivity index (χ4v) is 4.77. The maximum atomic E-state index is 13.2. The number of rotatable bonds is 7. The molecule has 0 aromatic heterocycles. The molecule has 10 heteroatoms. The van der Waals surface area contributed by atoms with Gasteiger partial charge in [0.05, 0.1) is 15.9 Å². The van der Waals surface area contributed by atoms with Crippen LogP contribution in [0.3, 0.4) is 0 Å². The van der Waals surface area contributed by atoms with Gasteiger partial charge in [-0.3, -0.25) is 14.9 Å². The minimum Gasteiger partial charge on any atom is -0.490 e. The first-order valence-corrected chi connectivity index (χ1v) is 13.4. The molecule has 1 saturated heterocycles. The second kappa shape index (κ2) is 11.6. The van der Waals surface area contributed by atoms with Gasteiger partial charge in [-0.25, -0.2) is 9.69 Å². The summed E-state index contributed by atoms with van der Waals surface area (Å²) >= 11 is 8.88. The topological polar surface area (TPSA) is 84.9 Å². The molecule has 0 bridgehead atoms. The minimum absolute atomic E-state index is 0.167. The molecule has 184 valence electrons. The number of hydrogen-bond acceptors (Lipinski definition) is 5. The molecule has 1 fully saturated rings. The van der Waals surface area contributed by atoms with Gasteiger partial charge in [0.2, 0.25) is 0 Å². The van der Waals surface area contributed by atoms with E-state index >= 15 is 0 Å². The molecule has 3 aromatic rings. The standard InChI is InChI=1S/C26H19Br2IN2O5/c1-2-35-22-13-16(12-21(29)23(22)36-14-15-3-5-17(27)6-4-15)11-20-24(32)30-26(34)31(25(20)33)19-9-7-18(28)8-10-19/h3-13H,2,14H2,1H3,(H,30,32,34)/b20-11+. The third-order valence-electron chi connectivity index (χ3n) is 5.13. The first kappa shape index (κ1) is 26.4. The largest absolute Gasteiger partial charge is 0.490 e. The average Bonchev–Trinajstić information content (AvgIpc) is 2.83. The highest BCUT2D eigenvalue weighted by Crippen LogP contribution is 2.36. The number of benzene rings is 3. The van der Waals surface area contributed by atoms with Crippen LogP contribution in [0, 0.1) is 3.57 Å². The summed E-state index contributed by atoms with van der Waals surface area (Å²) in [5, 5.41) is 2.24. The SMILES string of the molecule is CCOc1cc(/C=C2\C(=O)NC(=O)N(c3ccc(Br)cc3)C2=O)cc(I)c1OCc1ccc(Br)cc1. The molecule has 0 spiro atoms. The Morgan fingerprint density at radius 1 is 0.944 bits per heavy atom. The van der Waals surface area contributed by atoms with Crippen molar-refractivity contribution in [2.75, 3.05) is 11.5 Å². The third kappa shape index (κ3) is 5.98. The monoisotopic (exact) mass is 724 g/mol. The molecule has 3 aromatic carbocycles. The summed E-state index contributed by atoms with van der Waals surface area (Å²) in [7, 11) is 0. The van der Waals surface area contributed by atoms with Crippen LogP contribution in [0.5, 0.6) is 11.5 Å². The zero-order chi connectivity index (χ0) is 25.8. The van der Waals surface area contributed by atoms with Crippen LogP contribution in [0.1, 0.15) is 18.1 Å². The fraction of sp³-hybridized carbons (Fsp3) is 0.115. The highest BCUT2D eigenvalue weighted by Gasteiger charge is 2.36. The van der Waals surface area contributed by atoms with Crippen molar-refractivity contribution in [2.24, 2.45) is 0 Å². The molecule has 4 rings (SSSR count). The number of nitrogens with zero attached hydrogens (tertiary/aromatic N) is 1. The molecule has 36 heavy (non-hydrogen) atoms. The summed E-state index contributed by atoms with van der Waals surface area (Å²) in [5.74, 6) is -0.428. The van der Waals surface area contributed by atoms with Gasteiger partial charge in [-0.15, -0.1) is 0 Å². The number of urea groups is 1. The van der Waals surface area contributed by atoms with Crippen molar-refractivity contribution in [3.05, 3.63) is 89.9 Å². The zero-order valence-electron chi connectivity index (χ0n) is 18.9. The van der Waals surface area contributed by atoms with E-state index in [-0.39, 0.29) is 5.57 Å². The average molecular weight is 726 g/mol. The Labute approximate surface area is 238 Å². The summed E-state index contributed by atoms with van der Waals surface area (Å²) in [6.07, 6.45) is 1.44. The Balaban J connectivity index is 1.65. The summed E-state index contributed by atoms with van der Waals surface area (Å²) < 4.78 is 14.4. The van der Waals surface area contributed by atoms with Crippen molar-refractivity contribution in [3.63, 3.8) is 0 Å². The van der Waals surface area contributed by atoms with E-state index in [1.54, 1.807) is 36.4 Å². The highest BCUT2D eigenvalue weighted by molar-refractivity contribution is 14.1. The van der Waals surface area contributed by atoms with Crippen molar-refractivity contribution in [3.8, 4) is 11.5 Å². The molecule has 0 radical (unpaired) electrons. The molecule has 1 aliphatic rings. The van der Waals surface area contributed by atoms with Crippen LogP contribution in [-0.4, -0.2) is 24.5 Å². The smallest absolute Gasteiger partial charge is 0.335 e. The van der Waals surface area contributed by atoms with Gasteiger partial charge in [-0.05, 0) is 95.2 Å². The molecular weight excluding hydrogens is 707 g/mol. The number of carbonyl (C=O) groups is 3. The van der Waals surface area contributed by atoms with E-state index in [0.717, 1.165) is 23.0 Å². The van der Waals surface area contributed by atoms with Crippen LogP contribution < -0.4 is 19.7 Å². The van der Waals surface area contributed by atoms with Crippen molar-refractivity contribution in [1.29, 1.82) is 0 Å². The number of carbonyl (C=O) groups excluding carboxylic acids is 3. The Morgan fingerprint density at radius 2 is 1.58 bits per heavy atom. The van der Waals surface area contributed by atoms with Crippen molar-refractivity contribution in [2.45, 2.75) is 13.5 Å². The summed E-state index contributed by atoms with van der Waals surface area (Å²) in [6, 6.07) is 17.1. The molecule has 1 heterocycles. The van der Waals surface area contributed by atoms with Gasteiger partial charge in [0.1, 0.15) is 12.2 Å². The first-order valence-electron chi connectivity index (χ1n) is 10.8. The van der Waals surface area contributed by atoms with Gasteiger partial charge in [0.15, 0.2) is 11.5 Å². The third-order valence-corrected chi connectivity index (χ3v) is 6.98. The van der Waals surface area contributed by atoms with Crippen LogP contribution in [-0.2, 0) is 16.2 Å². The Bertz CT molecular complexity index is 1360. The van der Waals surface area contributed by atoms with E-state index in [4.69, 9.17) is 9.47 Å². The summed E-state index contributed by atoms with van der Waals surface area (Å²) in [5.41, 5.74) is 1.73. The van der Waals surface area contributed by atoms with E-state index in [2.05, 4.69) is 59.8 Å². The predicted octanol–water partition coefficient (Wildman–Crippen LogP) is 6.46. The van der Waals surface area contributed by atoms with E-state index in [0.29, 0.717) is 36.0 Å². The number of anilines is 1. The lowest BCUT2D eigenvalue weighted by molar-refractivity contribution is -0.122. The van der Waals surface area contributed by atoms with Crippen LogP contribution in [0.2, 0.25) is 0 Å². The molecular formula is C26H19Br2IN2O5. The van der Waals surface area contributed by atoms with Crippen molar-refractivity contribution in [1.82, 2.24) is 5.32 Å². The zero-order valence-corrected chi connectivity index (χ0v) is 24.2. The molecule has 0 aliphatic carbocycles. The molecule has 0 unspecified atom stereocenters. The quantitative estimate of drug-likeness (QED) is 0.172. The van der Waals surface area contributed by atoms with E-state index in [1.807, 2.05) is 31.2 Å². The number of halogens is 3. The molecule has 0 atom stereocenters. The number of nitrogens with one attached hydrogen (secondary N) is 1. The number of hydrogen-bond donors (Lipinski definition) is 1. The second-order valence-corrected chi connectivity index (χ2v) is 10.6.